The summed E-state index contributed by atoms with van der Waals surface area (Å²) in [7, 11) is 3.22. The molecule has 146 valence electrons. The fourth-order valence-electron chi connectivity index (χ4n) is 2.73. The van der Waals surface area contributed by atoms with Gasteiger partial charge in [0.2, 0.25) is 5.95 Å². The van der Waals surface area contributed by atoms with Crippen LogP contribution in [0, 0.1) is 0 Å². The van der Waals surface area contributed by atoms with E-state index in [-0.39, 0.29) is 5.41 Å². The first-order chi connectivity index (χ1) is 13.4. The number of rotatable bonds is 6. The lowest BCUT2D eigenvalue weighted by molar-refractivity contribution is 0.355. The molecule has 0 aliphatic rings. The van der Waals surface area contributed by atoms with E-state index in [9.17, 15) is 0 Å². The first-order valence-electron chi connectivity index (χ1n) is 9.09. The molecule has 3 rings (SSSR count). The third kappa shape index (κ3) is 4.71. The van der Waals surface area contributed by atoms with E-state index in [0.717, 1.165) is 11.4 Å². The topological polar surface area (TPSA) is 68.3 Å². The van der Waals surface area contributed by atoms with Gasteiger partial charge in [-0.05, 0) is 41.3 Å². The van der Waals surface area contributed by atoms with Gasteiger partial charge < -0.3 is 20.1 Å². The van der Waals surface area contributed by atoms with E-state index >= 15 is 0 Å². The van der Waals surface area contributed by atoms with Gasteiger partial charge in [0.25, 0.3) is 0 Å². The van der Waals surface area contributed by atoms with Gasteiger partial charge >= 0.3 is 0 Å². The number of aromatic nitrogens is 2. The van der Waals surface area contributed by atoms with E-state index < -0.39 is 0 Å². The van der Waals surface area contributed by atoms with Crippen molar-refractivity contribution in [3.8, 4) is 11.5 Å². The molecule has 2 aromatic carbocycles. The van der Waals surface area contributed by atoms with Gasteiger partial charge in [0.1, 0.15) is 5.82 Å². The van der Waals surface area contributed by atoms with Crippen LogP contribution in [0.2, 0.25) is 0 Å². The lowest BCUT2D eigenvalue weighted by atomic mass is 9.87. The van der Waals surface area contributed by atoms with Gasteiger partial charge in [0.05, 0.1) is 14.2 Å². The zero-order valence-electron chi connectivity index (χ0n) is 16.9. The summed E-state index contributed by atoms with van der Waals surface area (Å²) in [5, 5.41) is 6.50. The van der Waals surface area contributed by atoms with Gasteiger partial charge in [-0.2, -0.15) is 4.98 Å². The van der Waals surface area contributed by atoms with Gasteiger partial charge in [-0.25, -0.2) is 4.98 Å². The fraction of sp³-hybridized carbons (Fsp3) is 0.273. The van der Waals surface area contributed by atoms with Crippen LogP contribution in [0.25, 0.3) is 0 Å². The Kier molecular flexibility index (Phi) is 5.68. The van der Waals surface area contributed by atoms with Crippen LogP contribution in [0.4, 0.5) is 23.1 Å². The third-order valence-corrected chi connectivity index (χ3v) is 4.32. The molecule has 2 N–H and O–H groups in total. The standard InChI is InChI=1S/C22H26N4O2/c1-22(2,3)15-6-8-16(9-7-15)25-21-23-13-12-20(26-21)24-17-10-11-18(27-4)19(14-17)28-5/h6-14H,1-5H3,(H2,23,24,25,26). The molecular weight excluding hydrogens is 352 g/mol. The number of nitrogens with one attached hydrogen (secondary N) is 2. The van der Waals surface area contributed by atoms with Crippen LogP contribution in [-0.2, 0) is 5.41 Å². The molecule has 0 unspecified atom stereocenters. The van der Waals surface area contributed by atoms with Crippen molar-refractivity contribution in [2.45, 2.75) is 26.2 Å². The van der Waals surface area contributed by atoms with Crippen molar-refractivity contribution in [1.29, 1.82) is 0 Å². The van der Waals surface area contributed by atoms with Crippen LogP contribution < -0.4 is 20.1 Å². The predicted molar refractivity (Wildman–Crippen MR) is 113 cm³/mol. The molecule has 28 heavy (non-hydrogen) atoms. The minimum atomic E-state index is 0.123. The number of methoxy groups -OCH3 is 2. The van der Waals surface area contributed by atoms with Crippen molar-refractivity contribution in [1.82, 2.24) is 9.97 Å². The molecule has 0 amide bonds. The average molecular weight is 378 g/mol. The highest BCUT2D eigenvalue weighted by Gasteiger charge is 2.13. The van der Waals surface area contributed by atoms with Crippen LogP contribution in [0.15, 0.2) is 54.7 Å². The largest absolute Gasteiger partial charge is 0.493 e. The molecule has 0 saturated heterocycles. The average Bonchev–Trinajstić information content (AvgIpc) is 2.68. The van der Waals surface area contributed by atoms with Gasteiger partial charge in [-0.15, -0.1) is 0 Å². The Morgan fingerprint density at radius 1 is 0.786 bits per heavy atom. The number of hydrogen-bond acceptors (Lipinski definition) is 6. The van der Waals surface area contributed by atoms with Gasteiger partial charge in [-0.3, -0.25) is 0 Å². The molecule has 0 saturated carbocycles. The molecule has 0 atom stereocenters. The molecule has 0 bridgehead atoms. The summed E-state index contributed by atoms with van der Waals surface area (Å²) in [6.07, 6.45) is 1.71. The zero-order valence-corrected chi connectivity index (χ0v) is 16.9. The minimum Gasteiger partial charge on any atom is -0.493 e. The van der Waals surface area contributed by atoms with E-state index in [4.69, 9.17) is 9.47 Å². The first-order valence-corrected chi connectivity index (χ1v) is 9.09. The molecule has 1 heterocycles. The maximum absolute atomic E-state index is 5.34. The molecule has 0 radical (unpaired) electrons. The molecule has 6 nitrogen and oxygen atoms in total. The Morgan fingerprint density at radius 3 is 2.11 bits per heavy atom. The highest BCUT2D eigenvalue weighted by atomic mass is 16.5. The van der Waals surface area contributed by atoms with Gasteiger partial charge in [-0.1, -0.05) is 32.9 Å². The summed E-state index contributed by atoms with van der Waals surface area (Å²) in [5.41, 5.74) is 3.19. The Hall–Kier alpha value is -3.28. The fourth-order valence-corrected chi connectivity index (χ4v) is 2.73. The van der Waals surface area contributed by atoms with Crippen LogP contribution in [0.1, 0.15) is 26.3 Å². The summed E-state index contributed by atoms with van der Waals surface area (Å²) in [5.74, 6) is 2.53. The van der Waals surface area contributed by atoms with E-state index in [2.05, 4.69) is 53.5 Å². The Labute approximate surface area is 166 Å². The second kappa shape index (κ2) is 8.17. The van der Waals surface area contributed by atoms with E-state index in [1.807, 2.05) is 36.4 Å². The van der Waals surface area contributed by atoms with Crippen molar-refractivity contribution in [2.24, 2.45) is 0 Å². The van der Waals surface area contributed by atoms with Crippen molar-refractivity contribution in [3.05, 3.63) is 60.3 Å². The van der Waals surface area contributed by atoms with E-state index in [1.54, 1.807) is 20.4 Å². The number of benzene rings is 2. The van der Waals surface area contributed by atoms with Crippen molar-refractivity contribution in [2.75, 3.05) is 24.9 Å². The summed E-state index contributed by atoms with van der Waals surface area (Å²) >= 11 is 0. The van der Waals surface area contributed by atoms with Crippen LogP contribution in [-0.4, -0.2) is 24.2 Å². The van der Waals surface area contributed by atoms with Gasteiger partial charge in [0, 0.05) is 23.6 Å². The molecule has 3 aromatic rings. The summed E-state index contributed by atoms with van der Waals surface area (Å²) < 4.78 is 10.6. The maximum atomic E-state index is 5.34. The summed E-state index contributed by atoms with van der Waals surface area (Å²) in [6, 6.07) is 15.7. The number of anilines is 4. The lowest BCUT2D eigenvalue weighted by Gasteiger charge is -2.19. The number of hydrogen-bond donors (Lipinski definition) is 2. The predicted octanol–water partition coefficient (Wildman–Crippen LogP) is 5.28. The molecule has 0 aliphatic carbocycles. The third-order valence-electron chi connectivity index (χ3n) is 4.32. The highest BCUT2D eigenvalue weighted by molar-refractivity contribution is 5.63. The van der Waals surface area contributed by atoms with Crippen molar-refractivity contribution >= 4 is 23.1 Å². The smallest absolute Gasteiger partial charge is 0.229 e. The van der Waals surface area contributed by atoms with Crippen molar-refractivity contribution in [3.63, 3.8) is 0 Å². The molecule has 0 aliphatic heterocycles. The molecule has 6 heteroatoms. The Morgan fingerprint density at radius 2 is 1.46 bits per heavy atom. The Balaban J connectivity index is 1.74. The zero-order chi connectivity index (χ0) is 20.1. The summed E-state index contributed by atoms with van der Waals surface area (Å²) in [6.45, 7) is 6.59. The monoisotopic (exact) mass is 378 g/mol. The first kappa shape index (κ1) is 19.5. The number of nitrogens with zero attached hydrogens (tertiary/aromatic N) is 2. The summed E-state index contributed by atoms with van der Waals surface area (Å²) in [4.78, 5) is 8.83. The molecular formula is C22H26N4O2. The van der Waals surface area contributed by atoms with Crippen molar-refractivity contribution < 1.29 is 9.47 Å². The SMILES string of the molecule is COc1ccc(Nc2ccnc(Nc3ccc(C(C)(C)C)cc3)n2)cc1OC. The molecule has 1 aromatic heterocycles. The molecule has 0 fully saturated rings. The quantitative estimate of drug-likeness (QED) is 0.608. The van der Waals surface area contributed by atoms with E-state index in [0.29, 0.717) is 23.3 Å². The highest BCUT2D eigenvalue weighted by Crippen LogP contribution is 2.31. The maximum Gasteiger partial charge on any atom is 0.229 e. The van der Waals surface area contributed by atoms with E-state index in [1.165, 1.54) is 5.56 Å². The van der Waals surface area contributed by atoms with Crippen LogP contribution in [0.5, 0.6) is 11.5 Å². The van der Waals surface area contributed by atoms with Gasteiger partial charge in [0.15, 0.2) is 11.5 Å². The lowest BCUT2D eigenvalue weighted by Crippen LogP contribution is -2.10. The Bertz CT molecular complexity index is 934. The second-order valence-electron chi connectivity index (χ2n) is 7.41. The van der Waals surface area contributed by atoms with Crippen LogP contribution in [0.3, 0.4) is 0 Å². The minimum absolute atomic E-state index is 0.123. The number of ether oxygens (including phenoxy) is 2. The normalized spacial score (nSPS) is 11.0. The molecule has 0 spiro atoms. The van der Waals surface area contributed by atoms with Crippen LogP contribution >= 0.6 is 0 Å². The second-order valence-corrected chi connectivity index (χ2v) is 7.41.